The third-order valence-corrected chi connectivity index (χ3v) is 6.72. The van der Waals surface area contributed by atoms with E-state index in [1.165, 1.54) is 16.4 Å². The van der Waals surface area contributed by atoms with Gasteiger partial charge in [0.1, 0.15) is 6.04 Å². The fourth-order valence-corrected chi connectivity index (χ4v) is 4.75. The lowest BCUT2D eigenvalue weighted by atomic mass is 10.2. The Bertz CT molecular complexity index is 757. The van der Waals surface area contributed by atoms with Gasteiger partial charge >= 0.3 is 5.97 Å². The highest BCUT2D eigenvalue weighted by atomic mass is 32.2. The van der Waals surface area contributed by atoms with Gasteiger partial charge in [0, 0.05) is 12.6 Å². The number of rotatable bonds is 8. The Morgan fingerprint density at radius 1 is 1.22 bits per heavy atom. The quantitative estimate of drug-likeness (QED) is 0.679. The predicted molar refractivity (Wildman–Crippen MR) is 102 cm³/mol. The predicted octanol–water partition coefficient (Wildman–Crippen LogP) is 2.00. The Hall–Kier alpha value is -1.93. The summed E-state index contributed by atoms with van der Waals surface area (Å²) >= 11 is 0. The molecule has 1 heterocycles. The van der Waals surface area contributed by atoms with Gasteiger partial charge in [0.2, 0.25) is 10.0 Å². The van der Waals surface area contributed by atoms with Crippen LogP contribution in [0.3, 0.4) is 0 Å². The van der Waals surface area contributed by atoms with Crippen LogP contribution in [0, 0.1) is 6.92 Å². The molecule has 7 nitrogen and oxygen atoms in total. The molecule has 0 spiro atoms. The van der Waals surface area contributed by atoms with Gasteiger partial charge in [0.15, 0.2) is 6.61 Å². The molecule has 1 aromatic carbocycles. The summed E-state index contributed by atoms with van der Waals surface area (Å²) in [6, 6.07) is 5.67. The first-order valence-electron chi connectivity index (χ1n) is 9.34. The van der Waals surface area contributed by atoms with Gasteiger partial charge in [-0.05, 0) is 44.7 Å². The number of carbonyl (C=O) groups excluding carboxylic acids is 2. The molecule has 0 saturated carbocycles. The summed E-state index contributed by atoms with van der Waals surface area (Å²) in [6.45, 7) is 5.67. The van der Waals surface area contributed by atoms with Gasteiger partial charge in [-0.3, -0.25) is 9.59 Å². The lowest BCUT2D eigenvalue weighted by molar-refractivity contribution is -0.151. The van der Waals surface area contributed by atoms with Crippen LogP contribution in [-0.4, -0.2) is 49.8 Å². The summed E-state index contributed by atoms with van der Waals surface area (Å²) in [5.41, 5.74) is 0.954. The average molecular weight is 397 g/mol. The van der Waals surface area contributed by atoms with Crippen molar-refractivity contribution in [2.45, 2.75) is 63.4 Å². The molecule has 150 valence electrons. The number of hydrogen-bond acceptors (Lipinski definition) is 5. The van der Waals surface area contributed by atoms with E-state index in [2.05, 4.69) is 5.32 Å². The van der Waals surface area contributed by atoms with Crippen molar-refractivity contribution >= 4 is 21.9 Å². The van der Waals surface area contributed by atoms with Gasteiger partial charge < -0.3 is 10.1 Å². The Morgan fingerprint density at radius 3 is 2.44 bits per heavy atom. The van der Waals surface area contributed by atoms with E-state index in [0.29, 0.717) is 12.8 Å². The van der Waals surface area contributed by atoms with Crippen molar-refractivity contribution in [2.24, 2.45) is 0 Å². The number of ether oxygens (including phenoxy) is 1. The van der Waals surface area contributed by atoms with E-state index >= 15 is 0 Å². The van der Waals surface area contributed by atoms with Crippen molar-refractivity contribution in [1.29, 1.82) is 0 Å². The minimum absolute atomic E-state index is 0.0427. The molecule has 1 atom stereocenters. The molecule has 0 aliphatic carbocycles. The number of aryl methyl sites for hydroxylation is 1. The highest BCUT2D eigenvalue weighted by Gasteiger charge is 2.40. The molecule has 1 aromatic rings. The normalized spacial score (nSPS) is 17.9. The maximum Gasteiger partial charge on any atom is 0.324 e. The number of nitrogens with one attached hydrogen (secondary N) is 1. The summed E-state index contributed by atoms with van der Waals surface area (Å²) in [7, 11) is -3.78. The summed E-state index contributed by atoms with van der Waals surface area (Å²) in [6.07, 6.45) is 2.55. The summed E-state index contributed by atoms with van der Waals surface area (Å²) in [5, 5.41) is 2.79. The van der Waals surface area contributed by atoms with Crippen molar-refractivity contribution in [2.75, 3.05) is 13.2 Å². The number of hydrogen-bond donors (Lipinski definition) is 1. The van der Waals surface area contributed by atoms with Crippen molar-refractivity contribution < 1.29 is 22.7 Å². The zero-order valence-corrected chi connectivity index (χ0v) is 16.9. The van der Waals surface area contributed by atoms with E-state index in [1.807, 2.05) is 20.8 Å². The SMILES string of the molecule is CCC(CC)NC(=O)COC(=O)[C@@H]1CCCN1S(=O)(=O)c1ccc(C)cc1. The summed E-state index contributed by atoms with van der Waals surface area (Å²) in [4.78, 5) is 24.5. The molecule has 0 unspecified atom stereocenters. The number of carbonyl (C=O) groups is 2. The number of amides is 1. The monoisotopic (exact) mass is 396 g/mol. The fraction of sp³-hybridized carbons (Fsp3) is 0.579. The molecular weight excluding hydrogens is 368 g/mol. The van der Waals surface area contributed by atoms with Crippen molar-refractivity contribution in [1.82, 2.24) is 9.62 Å². The molecule has 1 saturated heterocycles. The van der Waals surface area contributed by atoms with Crippen LogP contribution in [0.1, 0.15) is 45.1 Å². The topological polar surface area (TPSA) is 92.8 Å². The summed E-state index contributed by atoms with van der Waals surface area (Å²) in [5.74, 6) is -1.05. The minimum Gasteiger partial charge on any atom is -0.454 e. The summed E-state index contributed by atoms with van der Waals surface area (Å²) < 4.78 is 32.0. The first-order chi connectivity index (χ1) is 12.8. The van der Waals surface area contributed by atoms with Crippen LogP contribution in [-0.2, 0) is 24.3 Å². The van der Waals surface area contributed by atoms with Crippen LogP contribution in [0.15, 0.2) is 29.2 Å². The molecule has 1 aliphatic rings. The lowest BCUT2D eigenvalue weighted by Gasteiger charge is -2.23. The fourth-order valence-electron chi connectivity index (χ4n) is 3.10. The van der Waals surface area contributed by atoms with E-state index in [0.717, 1.165) is 18.4 Å². The molecule has 0 radical (unpaired) electrons. The lowest BCUT2D eigenvalue weighted by Crippen LogP contribution is -2.43. The second kappa shape index (κ2) is 9.32. The molecule has 27 heavy (non-hydrogen) atoms. The molecule has 8 heteroatoms. The van der Waals surface area contributed by atoms with Crippen LogP contribution in [0.25, 0.3) is 0 Å². The Labute approximate surface area is 161 Å². The Kier molecular flexibility index (Phi) is 7.38. The Balaban J connectivity index is 2.01. The van der Waals surface area contributed by atoms with E-state index < -0.39 is 28.6 Å². The maximum atomic E-state index is 12.9. The number of sulfonamides is 1. The smallest absolute Gasteiger partial charge is 0.324 e. The van der Waals surface area contributed by atoms with Gasteiger partial charge in [-0.15, -0.1) is 0 Å². The second-order valence-corrected chi connectivity index (χ2v) is 8.67. The zero-order valence-electron chi connectivity index (χ0n) is 16.1. The number of esters is 1. The van der Waals surface area contributed by atoms with E-state index in [1.54, 1.807) is 12.1 Å². The van der Waals surface area contributed by atoms with Gasteiger partial charge in [-0.2, -0.15) is 4.31 Å². The van der Waals surface area contributed by atoms with E-state index in [9.17, 15) is 18.0 Å². The van der Waals surface area contributed by atoms with Gasteiger partial charge in [-0.25, -0.2) is 8.42 Å². The Morgan fingerprint density at radius 2 is 1.85 bits per heavy atom. The molecule has 0 bridgehead atoms. The first-order valence-corrected chi connectivity index (χ1v) is 10.8. The molecule has 2 rings (SSSR count). The van der Waals surface area contributed by atoms with Crippen molar-refractivity contribution in [3.63, 3.8) is 0 Å². The third kappa shape index (κ3) is 5.29. The molecule has 1 fully saturated rings. The number of nitrogens with zero attached hydrogens (tertiary/aromatic N) is 1. The molecule has 1 amide bonds. The van der Waals surface area contributed by atoms with Crippen molar-refractivity contribution in [3.8, 4) is 0 Å². The second-order valence-electron chi connectivity index (χ2n) is 6.78. The third-order valence-electron chi connectivity index (χ3n) is 4.80. The van der Waals surface area contributed by atoms with Crippen molar-refractivity contribution in [3.05, 3.63) is 29.8 Å². The standard InChI is InChI=1S/C19H28N2O5S/c1-4-15(5-2)20-18(22)13-26-19(23)17-7-6-12-21(17)27(24,25)16-10-8-14(3)9-11-16/h8-11,15,17H,4-7,12-13H2,1-3H3,(H,20,22)/t17-/m0/s1. The van der Waals surface area contributed by atoms with Crippen LogP contribution in [0.5, 0.6) is 0 Å². The highest BCUT2D eigenvalue weighted by Crippen LogP contribution is 2.27. The highest BCUT2D eigenvalue weighted by molar-refractivity contribution is 7.89. The van der Waals surface area contributed by atoms with E-state index in [4.69, 9.17) is 4.74 Å². The molecule has 0 aromatic heterocycles. The zero-order chi connectivity index (χ0) is 20.0. The molecule has 1 aliphatic heterocycles. The molecular formula is C19H28N2O5S. The van der Waals surface area contributed by atoms with Crippen LogP contribution < -0.4 is 5.32 Å². The van der Waals surface area contributed by atoms with Gasteiger partial charge in [-0.1, -0.05) is 31.5 Å². The molecule has 1 N–H and O–H groups in total. The van der Waals surface area contributed by atoms with Crippen LogP contribution in [0.2, 0.25) is 0 Å². The van der Waals surface area contributed by atoms with Crippen LogP contribution >= 0.6 is 0 Å². The largest absolute Gasteiger partial charge is 0.454 e. The minimum atomic E-state index is -3.78. The van der Waals surface area contributed by atoms with Gasteiger partial charge in [0.05, 0.1) is 4.90 Å². The first kappa shape index (κ1) is 21.4. The van der Waals surface area contributed by atoms with E-state index in [-0.39, 0.29) is 23.4 Å². The number of benzene rings is 1. The maximum absolute atomic E-state index is 12.9. The van der Waals surface area contributed by atoms with Gasteiger partial charge in [0.25, 0.3) is 5.91 Å². The van der Waals surface area contributed by atoms with Crippen LogP contribution in [0.4, 0.5) is 0 Å². The average Bonchev–Trinajstić information content (AvgIpc) is 3.15.